The lowest BCUT2D eigenvalue weighted by atomic mass is 10.1. The van der Waals surface area contributed by atoms with E-state index in [1.54, 1.807) is 24.3 Å². The zero-order valence-corrected chi connectivity index (χ0v) is 11.7. The maximum Gasteiger partial charge on any atom is 0.335 e. The van der Waals surface area contributed by atoms with E-state index in [4.69, 9.17) is 5.11 Å². The Morgan fingerprint density at radius 1 is 1.00 bits per heavy atom. The molecule has 0 saturated heterocycles. The number of rotatable bonds is 7. The third-order valence-electron chi connectivity index (χ3n) is 3.34. The smallest absolute Gasteiger partial charge is 0.335 e. The number of hydrogen-bond acceptors (Lipinski definition) is 3. The largest absolute Gasteiger partial charge is 0.478 e. The fraction of sp³-hybridized carbons (Fsp3) is 0.235. The van der Waals surface area contributed by atoms with Crippen LogP contribution in [0.2, 0.25) is 0 Å². The molecule has 0 spiro atoms. The van der Waals surface area contributed by atoms with Gasteiger partial charge in [-0.05, 0) is 29.7 Å². The van der Waals surface area contributed by atoms with Crippen molar-refractivity contribution in [2.24, 2.45) is 0 Å². The topological polar surface area (TPSA) is 69.6 Å². The van der Waals surface area contributed by atoms with Crippen LogP contribution in [0.4, 0.5) is 0 Å². The highest BCUT2D eigenvalue weighted by molar-refractivity contribution is 5.87. The van der Waals surface area contributed by atoms with Gasteiger partial charge in [0.2, 0.25) is 0 Å². The lowest BCUT2D eigenvalue weighted by molar-refractivity contribution is 0.0697. The van der Waals surface area contributed by atoms with Crippen molar-refractivity contribution in [2.45, 2.75) is 19.0 Å². The molecule has 0 aliphatic rings. The Morgan fingerprint density at radius 2 is 1.67 bits per heavy atom. The van der Waals surface area contributed by atoms with Crippen molar-refractivity contribution in [1.82, 2.24) is 5.32 Å². The second kappa shape index (κ2) is 7.57. The summed E-state index contributed by atoms with van der Waals surface area (Å²) in [5.74, 6) is -0.924. The normalized spacial score (nSPS) is 12.0. The SMILES string of the molecule is O=C(O)c1ccc(CNC(CO)Cc2ccccc2)cc1. The molecular weight excluding hydrogens is 266 g/mol. The summed E-state index contributed by atoms with van der Waals surface area (Å²) in [4.78, 5) is 10.8. The van der Waals surface area contributed by atoms with Crippen LogP contribution in [0.15, 0.2) is 54.6 Å². The van der Waals surface area contributed by atoms with Crippen molar-refractivity contribution >= 4 is 5.97 Å². The summed E-state index contributed by atoms with van der Waals surface area (Å²) < 4.78 is 0. The molecule has 0 aromatic heterocycles. The number of carboxylic acid groups (broad SMARTS) is 1. The molecule has 0 saturated carbocycles. The number of hydrogen-bond donors (Lipinski definition) is 3. The van der Waals surface area contributed by atoms with Gasteiger partial charge >= 0.3 is 5.97 Å². The summed E-state index contributed by atoms with van der Waals surface area (Å²) in [6.45, 7) is 0.653. The van der Waals surface area contributed by atoms with Crippen molar-refractivity contribution in [3.63, 3.8) is 0 Å². The van der Waals surface area contributed by atoms with Crippen LogP contribution in [-0.4, -0.2) is 28.8 Å². The first-order valence-corrected chi connectivity index (χ1v) is 6.89. The van der Waals surface area contributed by atoms with Gasteiger partial charge in [-0.3, -0.25) is 0 Å². The van der Waals surface area contributed by atoms with Crippen LogP contribution in [0.1, 0.15) is 21.5 Å². The van der Waals surface area contributed by atoms with E-state index in [1.165, 1.54) is 5.56 Å². The number of nitrogens with one attached hydrogen (secondary N) is 1. The second-order valence-electron chi connectivity index (χ2n) is 4.95. The van der Waals surface area contributed by atoms with E-state index < -0.39 is 5.97 Å². The van der Waals surface area contributed by atoms with E-state index in [9.17, 15) is 9.90 Å². The minimum atomic E-state index is -0.924. The van der Waals surface area contributed by atoms with Crippen molar-refractivity contribution in [2.75, 3.05) is 6.61 Å². The molecule has 0 fully saturated rings. The fourth-order valence-corrected chi connectivity index (χ4v) is 2.13. The lowest BCUT2D eigenvalue weighted by Crippen LogP contribution is -2.34. The van der Waals surface area contributed by atoms with E-state index in [-0.39, 0.29) is 18.2 Å². The van der Waals surface area contributed by atoms with Gasteiger partial charge in [-0.1, -0.05) is 42.5 Å². The highest BCUT2D eigenvalue weighted by atomic mass is 16.4. The van der Waals surface area contributed by atoms with Crippen molar-refractivity contribution < 1.29 is 15.0 Å². The first-order valence-electron chi connectivity index (χ1n) is 6.89. The van der Waals surface area contributed by atoms with Crippen LogP contribution < -0.4 is 5.32 Å². The predicted molar refractivity (Wildman–Crippen MR) is 81.3 cm³/mol. The summed E-state index contributed by atoms with van der Waals surface area (Å²) in [7, 11) is 0. The molecule has 2 aromatic carbocycles. The molecule has 0 radical (unpaired) electrons. The molecule has 110 valence electrons. The monoisotopic (exact) mass is 285 g/mol. The van der Waals surface area contributed by atoms with Gasteiger partial charge in [0.15, 0.2) is 0 Å². The Labute approximate surface area is 124 Å². The zero-order chi connectivity index (χ0) is 15.1. The molecular formula is C17H19NO3. The number of carboxylic acids is 1. The van der Waals surface area contributed by atoms with Gasteiger partial charge in [0, 0.05) is 12.6 Å². The zero-order valence-electron chi connectivity index (χ0n) is 11.7. The third-order valence-corrected chi connectivity index (χ3v) is 3.34. The summed E-state index contributed by atoms with van der Waals surface area (Å²) in [5, 5.41) is 21.6. The summed E-state index contributed by atoms with van der Waals surface area (Å²) in [5.41, 5.74) is 2.44. The fourth-order valence-electron chi connectivity index (χ4n) is 2.13. The van der Waals surface area contributed by atoms with E-state index in [2.05, 4.69) is 5.32 Å². The molecule has 1 atom stereocenters. The van der Waals surface area contributed by atoms with Crippen LogP contribution in [0.25, 0.3) is 0 Å². The predicted octanol–water partition coefficient (Wildman–Crippen LogP) is 2.08. The Bertz CT molecular complexity index is 566. The first-order chi connectivity index (χ1) is 10.2. The van der Waals surface area contributed by atoms with Crippen LogP contribution in [0.5, 0.6) is 0 Å². The highest BCUT2D eigenvalue weighted by Crippen LogP contribution is 2.07. The van der Waals surface area contributed by atoms with E-state index in [0.29, 0.717) is 6.54 Å². The molecule has 0 bridgehead atoms. The molecule has 0 aliphatic carbocycles. The van der Waals surface area contributed by atoms with E-state index >= 15 is 0 Å². The molecule has 4 nitrogen and oxygen atoms in total. The van der Waals surface area contributed by atoms with Crippen LogP contribution in [-0.2, 0) is 13.0 Å². The number of benzene rings is 2. The molecule has 0 heterocycles. The Balaban J connectivity index is 1.89. The highest BCUT2D eigenvalue weighted by Gasteiger charge is 2.08. The maximum atomic E-state index is 10.8. The summed E-state index contributed by atoms with van der Waals surface area (Å²) >= 11 is 0. The van der Waals surface area contributed by atoms with Gasteiger partial charge < -0.3 is 15.5 Å². The molecule has 21 heavy (non-hydrogen) atoms. The average molecular weight is 285 g/mol. The first kappa shape index (κ1) is 15.2. The maximum absolute atomic E-state index is 10.8. The quantitative estimate of drug-likeness (QED) is 0.728. The van der Waals surface area contributed by atoms with Gasteiger partial charge in [-0.25, -0.2) is 4.79 Å². The third kappa shape index (κ3) is 4.70. The van der Waals surface area contributed by atoms with Gasteiger partial charge in [0.05, 0.1) is 12.2 Å². The van der Waals surface area contributed by atoms with Gasteiger partial charge in [-0.2, -0.15) is 0 Å². The minimum Gasteiger partial charge on any atom is -0.478 e. The van der Waals surface area contributed by atoms with Gasteiger partial charge in [-0.15, -0.1) is 0 Å². The van der Waals surface area contributed by atoms with Crippen LogP contribution in [0, 0.1) is 0 Å². The molecule has 0 aliphatic heterocycles. The van der Waals surface area contributed by atoms with Gasteiger partial charge in [0.1, 0.15) is 0 Å². The molecule has 0 amide bonds. The van der Waals surface area contributed by atoms with Crippen molar-refractivity contribution in [1.29, 1.82) is 0 Å². The summed E-state index contributed by atoms with van der Waals surface area (Å²) in [6, 6.07) is 16.7. The number of carbonyl (C=O) groups is 1. The molecule has 3 N–H and O–H groups in total. The van der Waals surface area contributed by atoms with Crippen molar-refractivity contribution in [3.8, 4) is 0 Å². The molecule has 4 heteroatoms. The Hall–Kier alpha value is -2.17. The average Bonchev–Trinajstić information content (AvgIpc) is 2.52. The Kier molecular flexibility index (Phi) is 5.49. The van der Waals surface area contributed by atoms with Crippen LogP contribution in [0.3, 0.4) is 0 Å². The standard InChI is InChI=1S/C17H19NO3/c19-12-16(10-13-4-2-1-3-5-13)18-11-14-6-8-15(9-7-14)17(20)21/h1-9,16,18-19H,10-12H2,(H,20,21). The number of aromatic carboxylic acids is 1. The lowest BCUT2D eigenvalue weighted by Gasteiger charge is -2.16. The number of aliphatic hydroxyl groups excluding tert-OH is 1. The summed E-state index contributed by atoms with van der Waals surface area (Å²) in [6.07, 6.45) is 0.755. The van der Waals surface area contributed by atoms with Crippen molar-refractivity contribution in [3.05, 3.63) is 71.3 Å². The van der Waals surface area contributed by atoms with Crippen LogP contribution >= 0.6 is 0 Å². The Morgan fingerprint density at radius 3 is 2.24 bits per heavy atom. The number of aliphatic hydroxyl groups is 1. The molecule has 2 aromatic rings. The minimum absolute atomic E-state index is 0.0217. The second-order valence-corrected chi connectivity index (χ2v) is 4.95. The van der Waals surface area contributed by atoms with Gasteiger partial charge in [0.25, 0.3) is 0 Å². The van der Waals surface area contributed by atoms with E-state index in [1.807, 2.05) is 30.3 Å². The molecule has 2 rings (SSSR count). The molecule has 1 unspecified atom stereocenters. The van der Waals surface area contributed by atoms with E-state index in [0.717, 1.165) is 12.0 Å².